The Labute approximate surface area is 87.3 Å². The maximum absolute atomic E-state index is 11.0. The van der Waals surface area contributed by atoms with Crippen molar-refractivity contribution in [3.63, 3.8) is 0 Å². The normalized spacial score (nSPS) is 11.1. The van der Waals surface area contributed by atoms with Crippen LogP contribution in [-0.2, 0) is 15.8 Å². The molecule has 0 unspecified atom stereocenters. The molecule has 0 fully saturated rings. The lowest BCUT2D eigenvalue weighted by molar-refractivity contribution is 0.0953. The van der Waals surface area contributed by atoms with Gasteiger partial charge in [-0.05, 0) is 17.7 Å². The number of primary sulfonamides is 1. The number of hydrazine groups is 1. The molecule has 0 atom stereocenters. The topological polar surface area (TPSA) is 115 Å². The van der Waals surface area contributed by atoms with E-state index in [1.54, 1.807) is 0 Å². The molecule has 0 radical (unpaired) electrons. The van der Waals surface area contributed by atoms with E-state index >= 15 is 0 Å². The summed E-state index contributed by atoms with van der Waals surface area (Å²) in [5.41, 5.74) is 2.84. The predicted octanol–water partition coefficient (Wildman–Crippen LogP) is -0.921. The average molecular weight is 229 g/mol. The molecule has 5 N–H and O–H groups in total. The Morgan fingerprint density at radius 2 is 1.80 bits per heavy atom. The predicted molar refractivity (Wildman–Crippen MR) is 54.9 cm³/mol. The second-order valence-corrected chi connectivity index (χ2v) is 4.59. The molecule has 1 aromatic rings. The van der Waals surface area contributed by atoms with E-state index in [1.165, 1.54) is 24.3 Å². The van der Waals surface area contributed by atoms with Gasteiger partial charge in [0.2, 0.25) is 10.0 Å². The Kier molecular flexibility index (Phi) is 3.40. The third-order valence-corrected chi connectivity index (χ3v) is 2.45. The molecule has 0 aliphatic carbocycles. The highest BCUT2D eigenvalue weighted by Gasteiger charge is 2.06. The number of hydrogen-bond donors (Lipinski definition) is 3. The number of amides is 1. The van der Waals surface area contributed by atoms with Crippen LogP contribution in [0.1, 0.15) is 15.9 Å². The third kappa shape index (κ3) is 3.66. The molecule has 0 aliphatic heterocycles. The van der Waals surface area contributed by atoms with Crippen LogP contribution in [-0.4, -0.2) is 14.3 Å². The van der Waals surface area contributed by atoms with Crippen molar-refractivity contribution in [2.24, 2.45) is 11.0 Å². The molecule has 0 aliphatic rings. The van der Waals surface area contributed by atoms with Gasteiger partial charge in [0.15, 0.2) is 0 Å². The van der Waals surface area contributed by atoms with Gasteiger partial charge in [-0.1, -0.05) is 12.1 Å². The lowest BCUT2D eigenvalue weighted by Gasteiger charge is -2.01. The van der Waals surface area contributed by atoms with E-state index < -0.39 is 15.9 Å². The fourth-order valence-corrected chi connectivity index (χ4v) is 1.73. The summed E-state index contributed by atoms with van der Waals surface area (Å²) in [6.07, 6.45) is 0. The summed E-state index contributed by atoms with van der Waals surface area (Å²) in [5, 5.41) is 4.86. The van der Waals surface area contributed by atoms with Crippen molar-refractivity contribution in [1.29, 1.82) is 0 Å². The van der Waals surface area contributed by atoms with Crippen molar-refractivity contribution in [2.75, 3.05) is 0 Å². The zero-order valence-electron chi connectivity index (χ0n) is 7.80. The van der Waals surface area contributed by atoms with Gasteiger partial charge in [0.25, 0.3) is 5.91 Å². The summed E-state index contributed by atoms with van der Waals surface area (Å²) in [5.74, 6) is 4.24. The molecule has 0 heterocycles. The number of sulfonamides is 1. The van der Waals surface area contributed by atoms with Crippen LogP contribution >= 0.6 is 0 Å². The van der Waals surface area contributed by atoms with E-state index in [-0.39, 0.29) is 5.75 Å². The average Bonchev–Trinajstić information content (AvgIpc) is 2.15. The van der Waals surface area contributed by atoms with Gasteiger partial charge < -0.3 is 0 Å². The first-order valence-corrected chi connectivity index (χ1v) is 5.74. The minimum atomic E-state index is -3.54. The van der Waals surface area contributed by atoms with Gasteiger partial charge in [-0.25, -0.2) is 19.4 Å². The Morgan fingerprint density at radius 3 is 2.20 bits per heavy atom. The summed E-state index contributed by atoms with van der Waals surface area (Å²) >= 11 is 0. The fraction of sp³-hybridized carbons (Fsp3) is 0.125. The van der Waals surface area contributed by atoms with Crippen LogP contribution in [0.15, 0.2) is 24.3 Å². The molecule has 6 nitrogen and oxygen atoms in total. The second kappa shape index (κ2) is 4.39. The SMILES string of the molecule is NNC(=O)c1ccc(CS(N)(=O)=O)cc1. The molecule has 0 bridgehead atoms. The van der Waals surface area contributed by atoms with Crippen LogP contribution in [0.25, 0.3) is 0 Å². The van der Waals surface area contributed by atoms with Crippen molar-refractivity contribution in [1.82, 2.24) is 5.43 Å². The molecular weight excluding hydrogens is 218 g/mol. The molecule has 0 saturated heterocycles. The number of hydrogen-bond acceptors (Lipinski definition) is 4. The number of nitrogen functional groups attached to an aromatic ring is 1. The molecule has 0 saturated carbocycles. The van der Waals surface area contributed by atoms with E-state index in [0.29, 0.717) is 11.1 Å². The lowest BCUT2D eigenvalue weighted by Crippen LogP contribution is -2.29. The quantitative estimate of drug-likeness (QED) is 0.353. The minimum Gasteiger partial charge on any atom is -0.290 e. The van der Waals surface area contributed by atoms with Gasteiger partial charge in [-0.2, -0.15) is 0 Å². The number of rotatable bonds is 3. The Hall–Kier alpha value is -1.44. The van der Waals surface area contributed by atoms with Gasteiger partial charge in [0.1, 0.15) is 0 Å². The second-order valence-electron chi connectivity index (χ2n) is 2.98. The fourth-order valence-electron chi connectivity index (χ4n) is 1.07. The molecule has 0 aromatic heterocycles. The van der Waals surface area contributed by atoms with Crippen LogP contribution in [0, 0.1) is 0 Å². The van der Waals surface area contributed by atoms with Gasteiger partial charge in [0.05, 0.1) is 5.75 Å². The summed E-state index contributed by atoms with van der Waals surface area (Å²) < 4.78 is 21.5. The smallest absolute Gasteiger partial charge is 0.265 e. The van der Waals surface area contributed by atoms with Crippen LogP contribution in [0.3, 0.4) is 0 Å². The zero-order valence-corrected chi connectivity index (χ0v) is 8.62. The highest BCUT2D eigenvalue weighted by molar-refractivity contribution is 7.88. The monoisotopic (exact) mass is 229 g/mol. The number of carbonyl (C=O) groups excluding carboxylic acids is 1. The Morgan fingerprint density at radius 1 is 1.27 bits per heavy atom. The first kappa shape index (κ1) is 11.6. The maximum atomic E-state index is 11.0. The van der Waals surface area contributed by atoms with E-state index in [4.69, 9.17) is 11.0 Å². The van der Waals surface area contributed by atoms with Crippen LogP contribution < -0.4 is 16.4 Å². The maximum Gasteiger partial charge on any atom is 0.265 e. The summed E-state index contributed by atoms with van der Waals surface area (Å²) in [7, 11) is -3.54. The van der Waals surface area contributed by atoms with Gasteiger partial charge in [-0.15, -0.1) is 0 Å². The van der Waals surface area contributed by atoms with Crippen LogP contribution in [0.4, 0.5) is 0 Å². The lowest BCUT2D eigenvalue weighted by atomic mass is 10.1. The van der Waals surface area contributed by atoms with E-state index in [1.807, 2.05) is 5.43 Å². The summed E-state index contributed by atoms with van der Waals surface area (Å²) in [4.78, 5) is 11.0. The summed E-state index contributed by atoms with van der Waals surface area (Å²) in [6, 6.07) is 5.97. The molecule has 1 rings (SSSR count). The van der Waals surface area contributed by atoms with E-state index in [9.17, 15) is 13.2 Å². The van der Waals surface area contributed by atoms with Crippen LogP contribution in [0.5, 0.6) is 0 Å². The molecule has 0 spiro atoms. The molecule has 1 amide bonds. The van der Waals surface area contributed by atoms with Crippen molar-refractivity contribution in [3.05, 3.63) is 35.4 Å². The van der Waals surface area contributed by atoms with Crippen molar-refractivity contribution in [2.45, 2.75) is 5.75 Å². The highest BCUT2D eigenvalue weighted by atomic mass is 32.2. The molecule has 82 valence electrons. The molecular formula is C8H11N3O3S. The highest BCUT2D eigenvalue weighted by Crippen LogP contribution is 2.06. The largest absolute Gasteiger partial charge is 0.290 e. The molecule has 15 heavy (non-hydrogen) atoms. The van der Waals surface area contributed by atoms with Gasteiger partial charge in [0, 0.05) is 5.56 Å². The van der Waals surface area contributed by atoms with E-state index in [2.05, 4.69) is 0 Å². The first-order valence-electron chi connectivity index (χ1n) is 4.03. The molecule has 1 aromatic carbocycles. The number of benzene rings is 1. The third-order valence-electron chi connectivity index (χ3n) is 1.72. The standard InChI is InChI=1S/C8H11N3O3S/c9-11-8(12)7-3-1-6(2-4-7)5-15(10,13)14/h1-4H,5,9H2,(H,11,12)(H2,10,13,14). The summed E-state index contributed by atoms with van der Waals surface area (Å²) in [6.45, 7) is 0. The number of nitrogens with two attached hydrogens (primary N) is 2. The van der Waals surface area contributed by atoms with Gasteiger partial charge in [-0.3, -0.25) is 10.2 Å². The van der Waals surface area contributed by atoms with Crippen molar-refractivity contribution >= 4 is 15.9 Å². The number of nitrogens with one attached hydrogen (secondary N) is 1. The van der Waals surface area contributed by atoms with Crippen molar-refractivity contribution in [3.8, 4) is 0 Å². The first-order chi connectivity index (χ1) is 6.92. The Balaban J connectivity index is 2.86. The minimum absolute atomic E-state index is 0.252. The van der Waals surface area contributed by atoms with Crippen LogP contribution in [0.2, 0.25) is 0 Å². The Bertz CT molecular complexity index is 453. The van der Waals surface area contributed by atoms with E-state index in [0.717, 1.165) is 0 Å². The zero-order chi connectivity index (χ0) is 11.5. The van der Waals surface area contributed by atoms with Crippen molar-refractivity contribution < 1.29 is 13.2 Å². The molecule has 7 heteroatoms. The number of carbonyl (C=O) groups is 1. The van der Waals surface area contributed by atoms with Gasteiger partial charge >= 0.3 is 0 Å².